The van der Waals surface area contributed by atoms with Crippen LogP contribution in [0.4, 0.5) is 0 Å². The molecule has 2 bridgehead atoms. The molecule has 3 aliphatic carbocycles. The summed E-state index contributed by atoms with van der Waals surface area (Å²) in [5.74, 6) is -0.0877. The molecule has 3 heteroatoms. The molecule has 0 aliphatic heterocycles. The molecule has 0 radical (unpaired) electrons. The van der Waals surface area contributed by atoms with Crippen molar-refractivity contribution in [3.05, 3.63) is 23.8 Å². The Kier molecular flexibility index (Phi) is 3.12. The van der Waals surface area contributed by atoms with Gasteiger partial charge in [-0.05, 0) is 37.2 Å². The van der Waals surface area contributed by atoms with Crippen LogP contribution in [0.25, 0.3) is 0 Å². The van der Waals surface area contributed by atoms with Gasteiger partial charge in [0, 0.05) is 20.1 Å². The van der Waals surface area contributed by atoms with Crippen LogP contribution in [-0.2, 0) is 9.47 Å². The van der Waals surface area contributed by atoms with Crippen LogP contribution in [0.2, 0.25) is 0 Å². The van der Waals surface area contributed by atoms with E-state index >= 15 is 0 Å². The lowest BCUT2D eigenvalue weighted by molar-refractivity contribution is -0.238. The second-order valence-electron chi connectivity index (χ2n) is 6.07. The summed E-state index contributed by atoms with van der Waals surface area (Å²) < 4.78 is 11.4. The second-order valence-corrected chi connectivity index (χ2v) is 6.07. The number of hydrogen-bond donors (Lipinski definition) is 1. The minimum absolute atomic E-state index is 0.0848. The molecule has 106 valence electrons. The summed E-state index contributed by atoms with van der Waals surface area (Å²) in [6, 6.07) is 0. The van der Waals surface area contributed by atoms with Crippen LogP contribution >= 0.6 is 0 Å². The summed E-state index contributed by atoms with van der Waals surface area (Å²) >= 11 is 0. The van der Waals surface area contributed by atoms with Gasteiger partial charge in [0.25, 0.3) is 0 Å². The van der Waals surface area contributed by atoms with Crippen molar-refractivity contribution in [3.8, 4) is 0 Å². The number of hydrogen-bond acceptors (Lipinski definition) is 3. The van der Waals surface area contributed by atoms with Gasteiger partial charge in [0.05, 0.1) is 11.5 Å². The van der Waals surface area contributed by atoms with E-state index in [0.29, 0.717) is 5.92 Å². The van der Waals surface area contributed by atoms with Crippen LogP contribution in [-0.4, -0.2) is 30.7 Å². The third kappa shape index (κ3) is 1.55. The fourth-order valence-corrected chi connectivity index (χ4v) is 4.56. The monoisotopic (exact) mass is 264 g/mol. The van der Waals surface area contributed by atoms with E-state index in [0.717, 1.165) is 19.3 Å². The maximum atomic E-state index is 11.3. The summed E-state index contributed by atoms with van der Waals surface area (Å²) in [7, 11) is 3.37. The second kappa shape index (κ2) is 4.44. The van der Waals surface area contributed by atoms with E-state index < -0.39 is 11.4 Å². The molecule has 1 fully saturated rings. The topological polar surface area (TPSA) is 38.7 Å². The van der Waals surface area contributed by atoms with Crippen molar-refractivity contribution in [2.24, 2.45) is 17.8 Å². The first kappa shape index (κ1) is 13.3. The van der Waals surface area contributed by atoms with E-state index in [-0.39, 0.29) is 11.8 Å². The molecule has 1 saturated carbocycles. The zero-order chi connectivity index (χ0) is 13.7. The van der Waals surface area contributed by atoms with Crippen molar-refractivity contribution in [2.75, 3.05) is 14.2 Å². The normalized spacial score (nSPS) is 42.9. The van der Waals surface area contributed by atoms with E-state index in [9.17, 15) is 5.11 Å². The highest BCUT2D eigenvalue weighted by molar-refractivity contribution is 5.37. The average molecular weight is 264 g/mol. The van der Waals surface area contributed by atoms with Crippen molar-refractivity contribution in [1.29, 1.82) is 0 Å². The van der Waals surface area contributed by atoms with Gasteiger partial charge in [-0.25, -0.2) is 0 Å². The van der Waals surface area contributed by atoms with Gasteiger partial charge in [-0.1, -0.05) is 25.2 Å². The van der Waals surface area contributed by atoms with Crippen molar-refractivity contribution in [1.82, 2.24) is 0 Å². The summed E-state index contributed by atoms with van der Waals surface area (Å²) in [6.45, 7) is 2.20. The lowest BCUT2D eigenvalue weighted by Gasteiger charge is -2.38. The molecule has 0 aromatic rings. The third-order valence-electron chi connectivity index (χ3n) is 5.48. The average Bonchev–Trinajstić information content (AvgIpc) is 3.09. The number of methoxy groups -OCH3 is 2. The molecule has 0 amide bonds. The molecular weight excluding hydrogens is 240 g/mol. The minimum Gasteiger partial charge on any atom is -0.385 e. The van der Waals surface area contributed by atoms with E-state index in [1.165, 1.54) is 12.0 Å². The first-order valence-electron chi connectivity index (χ1n) is 7.34. The number of ether oxygens (including phenoxy) is 2. The highest BCUT2D eigenvalue weighted by Crippen LogP contribution is 2.59. The Morgan fingerprint density at radius 2 is 2.05 bits per heavy atom. The maximum Gasteiger partial charge on any atom is 0.183 e. The fourth-order valence-electron chi connectivity index (χ4n) is 4.56. The smallest absolute Gasteiger partial charge is 0.183 e. The van der Waals surface area contributed by atoms with Crippen LogP contribution in [0.3, 0.4) is 0 Å². The minimum atomic E-state index is -0.775. The first-order chi connectivity index (χ1) is 9.12. The van der Waals surface area contributed by atoms with Gasteiger partial charge in [-0.3, -0.25) is 0 Å². The summed E-state index contributed by atoms with van der Waals surface area (Å²) in [6.07, 6.45) is 10.6. The predicted molar refractivity (Wildman–Crippen MR) is 73.5 cm³/mol. The van der Waals surface area contributed by atoms with E-state index in [4.69, 9.17) is 9.47 Å². The highest BCUT2D eigenvalue weighted by atomic mass is 16.7. The molecule has 1 N–H and O–H groups in total. The quantitative estimate of drug-likeness (QED) is 0.626. The Hall–Kier alpha value is -0.640. The molecule has 3 nitrogen and oxygen atoms in total. The standard InChI is InChI=1S/C16H24O3/c1-4-11-6-5-7-13(11)15(17)10-12-8-9-14(15)16(12,18-2)19-3/h7-9,11-12,14,17H,4-6,10H2,1-3H3/t11-,12+,14+,15+/m0/s1. The van der Waals surface area contributed by atoms with Gasteiger partial charge in [-0.2, -0.15) is 0 Å². The molecule has 0 aromatic heterocycles. The SMILES string of the molecule is CC[C@H]1CCC=C1[C@]1(O)C[C@H]2C=C[C@H]1C2(OC)OC. The predicted octanol–water partition coefficient (Wildman–Crippen LogP) is 2.66. The van der Waals surface area contributed by atoms with Crippen molar-refractivity contribution in [3.63, 3.8) is 0 Å². The maximum absolute atomic E-state index is 11.3. The van der Waals surface area contributed by atoms with Crippen LogP contribution in [0.5, 0.6) is 0 Å². The Labute approximate surface area is 115 Å². The van der Waals surface area contributed by atoms with Crippen molar-refractivity contribution >= 4 is 0 Å². The van der Waals surface area contributed by atoms with Crippen LogP contribution in [0.1, 0.15) is 32.6 Å². The van der Waals surface area contributed by atoms with E-state index in [2.05, 4.69) is 25.2 Å². The summed E-state index contributed by atoms with van der Waals surface area (Å²) in [5, 5.41) is 11.3. The van der Waals surface area contributed by atoms with Gasteiger partial charge in [0.2, 0.25) is 0 Å². The number of fused-ring (bicyclic) bond motifs is 2. The van der Waals surface area contributed by atoms with E-state index in [1.807, 2.05) is 0 Å². The lowest BCUT2D eigenvalue weighted by Crippen LogP contribution is -2.46. The molecule has 3 rings (SSSR count). The third-order valence-corrected chi connectivity index (χ3v) is 5.48. The van der Waals surface area contributed by atoms with Gasteiger partial charge in [-0.15, -0.1) is 0 Å². The van der Waals surface area contributed by atoms with Gasteiger partial charge in [0.15, 0.2) is 5.79 Å². The molecule has 3 aliphatic rings. The van der Waals surface area contributed by atoms with Crippen LogP contribution < -0.4 is 0 Å². The summed E-state index contributed by atoms with van der Waals surface area (Å²) in [5.41, 5.74) is 0.452. The van der Waals surface area contributed by atoms with Crippen LogP contribution in [0, 0.1) is 17.8 Å². The molecule has 0 spiro atoms. The Bertz CT molecular complexity index is 422. The Morgan fingerprint density at radius 3 is 2.63 bits per heavy atom. The van der Waals surface area contributed by atoms with Gasteiger partial charge in [0.1, 0.15) is 0 Å². The van der Waals surface area contributed by atoms with Gasteiger partial charge < -0.3 is 14.6 Å². The van der Waals surface area contributed by atoms with Crippen LogP contribution in [0.15, 0.2) is 23.8 Å². The number of aliphatic hydroxyl groups is 1. The largest absolute Gasteiger partial charge is 0.385 e. The molecule has 4 atom stereocenters. The molecule has 0 heterocycles. The molecule has 0 aromatic carbocycles. The molecule has 19 heavy (non-hydrogen) atoms. The molecule has 0 unspecified atom stereocenters. The summed E-state index contributed by atoms with van der Waals surface area (Å²) in [4.78, 5) is 0. The highest BCUT2D eigenvalue weighted by Gasteiger charge is 2.66. The van der Waals surface area contributed by atoms with Crippen molar-refractivity contribution < 1.29 is 14.6 Å². The zero-order valence-corrected chi connectivity index (χ0v) is 12.1. The van der Waals surface area contributed by atoms with Gasteiger partial charge >= 0.3 is 0 Å². The fraction of sp³-hybridized carbons (Fsp3) is 0.750. The van der Waals surface area contributed by atoms with Crippen molar-refractivity contribution in [2.45, 2.75) is 44.0 Å². The number of rotatable bonds is 4. The first-order valence-corrected chi connectivity index (χ1v) is 7.34. The molecular formula is C16H24O3. The Balaban J connectivity index is 1.97. The lowest BCUT2D eigenvalue weighted by atomic mass is 9.76. The van der Waals surface area contributed by atoms with E-state index in [1.54, 1.807) is 14.2 Å². The number of allylic oxidation sites excluding steroid dienone is 1. The Morgan fingerprint density at radius 1 is 1.32 bits per heavy atom. The molecule has 0 saturated heterocycles. The zero-order valence-electron chi connectivity index (χ0n) is 12.1.